The van der Waals surface area contributed by atoms with Crippen molar-refractivity contribution in [2.45, 2.75) is 18.4 Å². The zero-order valence-corrected chi connectivity index (χ0v) is 20.1. The summed E-state index contributed by atoms with van der Waals surface area (Å²) in [6, 6.07) is 24.5. The van der Waals surface area contributed by atoms with Crippen LogP contribution < -0.4 is 15.6 Å². The highest BCUT2D eigenvalue weighted by molar-refractivity contribution is 9.10. The number of aliphatic hydroxyl groups is 1. The number of halogens is 1. The van der Waals surface area contributed by atoms with Crippen molar-refractivity contribution in [3.63, 3.8) is 0 Å². The van der Waals surface area contributed by atoms with Gasteiger partial charge in [0.25, 0.3) is 5.91 Å². The Hall–Kier alpha value is -3.36. The van der Waals surface area contributed by atoms with Gasteiger partial charge in [-0.2, -0.15) is 0 Å². The van der Waals surface area contributed by atoms with E-state index < -0.39 is 5.54 Å². The summed E-state index contributed by atoms with van der Waals surface area (Å²) in [5.41, 5.74) is 7.10. The van der Waals surface area contributed by atoms with Crippen LogP contribution >= 0.6 is 15.9 Å². The van der Waals surface area contributed by atoms with E-state index in [2.05, 4.69) is 26.8 Å². The van der Waals surface area contributed by atoms with E-state index in [1.165, 1.54) is 0 Å². The molecular formula is C26H26BrN3O4. The van der Waals surface area contributed by atoms with Crippen molar-refractivity contribution >= 4 is 33.4 Å². The van der Waals surface area contributed by atoms with E-state index >= 15 is 0 Å². The molecule has 176 valence electrons. The molecule has 0 fully saturated rings. The van der Waals surface area contributed by atoms with Gasteiger partial charge in [0.05, 0.1) is 12.3 Å². The highest BCUT2D eigenvalue weighted by Gasteiger charge is 2.45. The van der Waals surface area contributed by atoms with E-state index in [4.69, 9.17) is 19.6 Å². The van der Waals surface area contributed by atoms with Crippen molar-refractivity contribution < 1.29 is 19.4 Å². The van der Waals surface area contributed by atoms with Crippen LogP contribution in [0.25, 0.3) is 0 Å². The molecule has 34 heavy (non-hydrogen) atoms. The molecule has 1 atom stereocenters. The molecule has 0 aliphatic carbocycles. The quantitative estimate of drug-likeness (QED) is 0.274. The fraction of sp³-hybridized carbons (Fsp3) is 0.231. The summed E-state index contributed by atoms with van der Waals surface area (Å²) in [6.45, 7) is 0.640. The first-order valence-corrected chi connectivity index (χ1v) is 11.8. The molecule has 0 aromatic heterocycles. The monoisotopic (exact) mass is 523 g/mol. The van der Waals surface area contributed by atoms with Crippen LogP contribution in [-0.4, -0.2) is 42.3 Å². The summed E-state index contributed by atoms with van der Waals surface area (Å²) >= 11 is 3.58. The number of para-hydroxylation sites is 1. The number of hydrogen-bond acceptors (Lipinski definition) is 6. The first-order valence-electron chi connectivity index (χ1n) is 11.0. The van der Waals surface area contributed by atoms with Gasteiger partial charge in [-0.05, 0) is 48.0 Å². The van der Waals surface area contributed by atoms with E-state index in [1.807, 2.05) is 78.9 Å². The highest BCUT2D eigenvalue weighted by Crippen LogP contribution is 2.30. The molecule has 1 heterocycles. The number of nitrogens with zero attached hydrogens (tertiary/aromatic N) is 1. The minimum atomic E-state index is -1.14. The number of rotatable bonds is 10. The van der Waals surface area contributed by atoms with Gasteiger partial charge in [-0.3, -0.25) is 15.6 Å². The van der Waals surface area contributed by atoms with Crippen LogP contribution in [0, 0.1) is 0 Å². The van der Waals surface area contributed by atoms with Gasteiger partial charge in [-0.15, -0.1) is 0 Å². The molecule has 0 saturated carbocycles. The third kappa shape index (κ3) is 5.76. The van der Waals surface area contributed by atoms with Gasteiger partial charge in [0, 0.05) is 29.5 Å². The second-order valence-electron chi connectivity index (χ2n) is 7.90. The number of nitrogens with one attached hydrogen (secondary N) is 2. The lowest BCUT2D eigenvalue weighted by Crippen LogP contribution is -2.50. The molecule has 7 nitrogen and oxygen atoms in total. The van der Waals surface area contributed by atoms with Crippen LogP contribution in [-0.2, 0) is 16.0 Å². The maximum atomic E-state index is 13.4. The van der Waals surface area contributed by atoms with E-state index in [-0.39, 0.29) is 19.1 Å². The standard InChI is InChI=1S/C26H26BrN3O4/c27-23-10-5-4-7-20(23)17-26(25(32)30-29-21-8-2-1-3-9-21)18-34-24(28-26)19-11-13-22(14-12-19)33-16-6-15-31/h1-5,7-14,29,31H,6,15-18H2,(H,30,32)/t26-/m0/s1. The summed E-state index contributed by atoms with van der Waals surface area (Å²) in [5, 5.41) is 8.90. The Morgan fingerprint density at radius 3 is 2.53 bits per heavy atom. The molecule has 0 bridgehead atoms. The van der Waals surface area contributed by atoms with Gasteiger partial charge in [0.1, 0.15) is 12.4 Å². The number of aliphatic hydroxyl groups excluding tert-OH is 1. The molecule has 8 heteroatoms. The van der Waals surface area contributed by atoms with Gasteiger partial charge in [0.2, 0.25) is 5.90 Å². The van der Waals surface area contributed by atoms with Crippen molar-refractivity contribution in [3.05, 3.63) is 94.5 Å². The maximum Gasteiger partial charge on any atom is 0.270 e. The SMILES string of the molecule is O=C(NNc1ccccc1)[C@]1(Cc2ccccc2Br)COC(c2ccc(OCCCO)cc2)=N1. The molecule has 1 amide bonds. The molecule has 0 radical (unpaired) electrons. The fourth-order valence-corrected chi connectivity index (χ4v) is 3.98. The number of hydrazine groups is 1. The Kier molecular flexibility index (Phi) is 7.82. The third-order valence-electron chi connectivity index (χ3n) is 5.39. The van der Waals surface area contributed by atoms with Crippen LogP contribution in [0.4, 0.5) is 5.69 Å². The summed E-state index contributed by atoms with van der Waals surface area (Å²) in [4.78, 5) is 18.2. The molecule has 4 rings (SSSR count). The molecule has 1 aliphatic rings. The first-order chi connectivity index (χ1) is 16.6. The topological polar surface area (TPSA) is 92.2 Å². The van der Waals surface area contributed by atoms with Gasteiger partial charge >= 0.3 is 0 Å². The van der Waals surface area contributed by atoms with Gasteiger partial charge in [0.15, 0.2) is 5.54 Å². The minimum Gasteiger partial charge on any atom is -0.494 e. The zero-order valence-electron chi connectivity index (χ0n) is 18.5. The Labute approximate surface area is 206 Å². The molecule has 3 N–H and O–H groups in total. The van der Waals surface area contributed by atoms with Crippen molar-refractivity contribution in [2.75, 3.05) is 25.2 Å². The largest absolute Gasteiger partial charge is 0.494 e. The zero-order chi connectivity index (χ0) is 23.8. The Morgan fingerprint density at radius 1 is 1.06 bits per heavy atom. The maximum absolute atomic E-state index is 13.4. The predicted octanol–water partition coefficient (Wildman–Crippen LogP) is 4.11. The summed E-state index contributed by atoms with van der Waals surface area (Å²) in [6.07, 6.45) is 0.934. The molecule has 3 aromatic rings. The number of hydrogen-bond donors (Lipinski definition) is 3. The highest BCUT2D eigenvalue weighted by atomic mass is 79.9. The van der Waals surface area contributed by atoms with E-state index in [0.717, 1.165) is 21.3 Å². The van der Waals surface area contributed by atoms with Crippen LogP contribution in [0.2, 0.25) is 0 Å². The first kappa shape index (κ1) is 23.8. The van der Waals surface area contributed by atoms with E-state index in [1.54, 1.807) is 0 Å². The van der Waals surface area contributed by atoms with Crippen LogP contribution in [0.5, 0.6) is 5.75 Å². The normalized spacial score (nSPS) is 16.9. The second-order valence-corrected chi connectivity index (χ2v) is 8.75. The van der Waals surface area contributed by atoms with Crippen LogP contribution in [0.1, 0.15) is 17.5 Å². The average molecular weight is 524 g/mol. The lowest BCUT2D eigenvalue weighted by Gasteiger charge is -2.24. The third-order valence-corrected chi connectivity index (χ3v) is 6.17. The van der Waals surface area contributed by atoms with Gasteiger partial charge in [-0.1, -0.05) is 52.3 Å². The summed E-state index contributed by atoms with van der Waals surface area (Å²) < 4.78 is 12.5. The van der Waals surface area contributed by atoms with Gasteiger partial charge in [-0.25, -0.2) is 4.99 Å². The molecule has 0 unspecified atom stereocenters. The van der Waals surface area contributed by atoms with Crippen LogP contribution in [0.15, 0.2) is 88.3 Å². The predicted molar refractivity (Wildman–Crippen MR) is 135 cm³/mol. The Morgan fingerprint density at radius 2 is 1.79 bits per heavy atom. The Bertz CT molecular complexity index is 1140. The summed E-state index contributed by atoms with van der Waals surface area (Å²) in [5.74, 6) is 0.815. The fourth-order valence-electron chi connectivity index (χ4n) is 3.55. The van der Waals surface area contributed by atoms with E-state index in [0.29, 0.717) is 31.1 Å². The lowest BCUT2D eigenvalue weighted by molar-refractivity contribution is -0.126. The van der Waals surface area contributed by atoms with Crippen molar-refractivity contribution in [1.29, 1.82) is 0 Å². The number of anilines is 1. The molecular weight excluding hydrogens is 498 g/mol. The molecule has 1 aliphatic heterocycles. The number of carbonyl (C=O) groups excluding carboxylic acids is 1. The average Bonchev–Trinajstić information content (AvgIpc) is 3.30. The number of amides is 1. The van der Waals surface area contributed by atoms with Crippen molar-refractivity contribution in [3.8, 4) is 5.75 Å². The molecule has 0 saturated heterocycles. The van der Waals surface area contributed by atoms with Gasteiger partial charge < -0.3 is 14.6 Å². The molecule has 0 spiro atoms. The number of carbonyl (C=O) groups is 1. The number of aliphatic imine (C=N–C) groups is 1. The number of ether oxygens (including phenoxy) is 2. The van der Waals surface area contributed by atoms with E-state index in [9.17, 15) is 4.79 Å². The Balaban J connectivity index is 1.56. The van der Waals surface area contributed by atoms with Crippen LogP contribution in [0.3, 0.4) is 0 Å². The second kappa shape index (κ2) is 11.2. The van der Waals surface area contributed by atoms with Crippen molar-refractivity contribution in [2.24, 2.45) is 4.99 Å². The van der Waals surface area contributed by atoms with Crippen molar-refractivity contribution in [1.82, 2.24) is 5.43 Å². The smallest absolute Gasteiger partial charge is 0.270 e. The minimum absolute atomic E-state index is 0.0868. The lowest BCUT2D eigenvalue weighted by atomic mass is 9.91. The summed E-state index contributed by atoms with van der Waals surface area (Å²) in [7, 11) is 0. The molecule has 3 aromatic carbocycles. The number of benzene rings is 3.